The zero-order valence-corrected chi connectivity index (χ0v) is 18.0. The quantitative estimate of drug-likeness (QED) is 0.320. The fraction of sp³-hybridized carbons (Fsp3) is 0.167. The van der Waals surface area contributed by atoms with Gasteiger partial charge in [-0.3, -0.25) is 10.1 Å². The van der Waals surface area contributed by atoms with Gasteiger partial charge in [0.25, 0.3) is 5.69 Å². The number of hydrogen-bond acceptors (Lipinski definition) is 7. The highest BCUT2D eigenvalue weighted by atomic mass is 16.6. The van der Waals surface area contributed by atoms with E-state index in [-0.39, 0.29) is 5.69 Å². The van der Waals surface area contributed by atoms with Crippen LogP contribution in [-0.4, -0.2) is 29.1 Å². The molecule has 0 saturated carbocycles. The zero-order valence-electron chi connectivity index (χ0n) is 18.0. The van der Waals surface area contributed by atoms with Crippen LogP contribution in [0.15, 0.2) is 60.7 Å². The maximum absolute atomic E-state index is 11.1. The molecule has 0 fully saturated rings. The van der Waals surface area contributed by atoms with E-state index in [1.165, 1.54) is 6.07 Å². The number of nitro benzene ring substituents is 1. The summed E-state index contributed by atoms with van der Waals surface area (Å²) >= 11 is 0. The Hall–Kier alpha value is -4.20. The molecule has 0 saturated heterocycles. The molecule has 1 N–H and O–H groups in total. The monoisotopic (exact) mass is 430 g/mol. The van der Waals surface area contributed by atoms with Crippen molar-refractivity contribution in [1.29, 1.82) is 0 Å². The van der Waals surface area contributed by atoms with E-state index in [1.54, 1.807) is 26.4 Å². The number of hydrogen-bond donors (Lipinski definition) is 1. The Balaban J connectivity index is 1.79. The van der Waals surface area contributed by atoms with Crippen LogP contribution in [0, 0.1) is 17.0 Å². The fourth-order valence-corrected chi connectivity index (χ4v) is 3.39. The topological polar surface area (TPSA) is 99.4 Å². The highest BCUT2D eigenvalue weighted by molar-refractivity contribution is 5.93. The summed E-state index contributed by atoms with van der Waals surface area (Å²) in [5.74, 6) is 2.28. The maximum Gasteiger partial charge on any atom is 0.269 e. The molecular formula is C24H22N4O4. The number of nitrogens with one attached hydrogen (secondary N) is 1. The van der Waals surface area contributed by atoms with Crippen LogP contribution in [0.1, 0.15) is 11.1 Å². The molecule has 8 nitrogen and oxygen atoms in total. The molecule has 1 aromatic heterocycles. The van der Waals surface area contributed by atoms with Gasteiger partial charge in [-0.05, 0) is 18.6 Å². The van der Waals surface area contributed by atoms with Crippen LogP contribution < -0.4 is 14.8 Å². The predicted octanol–water partition coefficient (Wildman–Crippen LogP) is 5.14. The highest BCUT2D eigenvalue weighted by Crippen LogP contribution is 2.35. The molecule has 0 aliphatic rings. The number of fused-ring (bicyclic) bond motifs is 1. The molecule has 0 unspecified atom stereocenters. The van der Waals surface area contributed by atoms with Crippen LogP contribution in [-0.2, 0) is 6.54 Å². The molecule has 0 spiro atoms. The lowest BCUT2D eigenvalue weighted by Crippen LogP contribution is -2.05. The lowest BCUT2D eigenvalue weighted by Gasteiger charge is -2.14. The van der Waals surface area contributed by atoms with E-state index >= 15 is 0 Å². The largest absolute Gasteiger partial charge is 0.493 e. The molecule has 32 heavy (non-hydrogen) atoms. The average molecular weight is 430 g/mol. The second kappa shape index (κ2) is 8.89. The Morgan fingerprint density at radius 2 is 1.69 bits per heavy atom. The van der Waals surface area contributed by atoms with Crippen LogP contribution in [0.5, 0.6) is 11.5 Å². The van der Waals surface area contributed by atoms with E-state index in [1.807, 2.05) is 49.4 Å². The summed E-state index contributed by atoms with van der Waals surface area (Å²) in [5, 5.41) is 15.2. The zero-order chi connectivity index (χ0) is 22.7. The molecule has 0 aliphatic carbocycles. The molecule has 0 bridgehead atoms. The third kappa shape index (κ3) is 4.29. The SMILES string of the molecule is COc1cc2nc(-c3ccc(C)cc3)nc(NCc3cccc([N+](=O)[O-])c3)c2cc1OC. The minimum atomic E-state index is -0.407. The van der Waals surface area contributed by atoms with Crippen LogP contribution in [0.3, 0.4) is 0 Å². The number of benzene rings is 3. The molecule has 8 heteroatoms. The number of ether oxygens (including phenoxy) is 2. The van der Waals surface area contributed by atoms with Crippen molar-refractivity contribution in [3.8, 4) is 22.9 Å². The first-order valence-corrected chi connectivity index (χ1v) is 9.96. The fourth-order valence-electron chi connectivity index (χ4n) is 3.39. The summed E-state index contributed by atoms with van der Waals surface area (Å²) in [7, 11) is 3.15. The molecular weight excluding hydrogens is 408 g/mol. The maximum atomic E-state index is 11.1. The average Bonchev–Trinajstić information content (AvgIpc) is 2.82. The molecule has 4 aromatic rings. The Kier molecular flexibility index (Phi) is 5.85. The third-order valence-corrected chi connectivity index (χ3v) is 5.09. The minimum Gasteiger partial charge on any atom is -0.493 e. The number of nitro groups is 1. The van der Waals surface area contributed by atoms with Gasteiger partial charge in [0.05, 0.1) is 24.7 Å². The first-order chi connectivity index (χ1) is 15.5. The predicted molar refractivity (Wildman–Crippen MR) is 123 cm³/mol. The summed E-state index contributed by atoms with van der Waals surface area (Å²) in [6.07, 6.45) is 0. The van der Waals surface area contributed by atoms with Crippen molar-refractivity contribution in [1.82, 2.24) is 9.97 Å². The molecule has 0 radical (unpaired) electrons. The number of anilines is 1. The van der Waals surface area contributed by atoms with Crippen molar-refractivity contribution in [2.24, 2.45) is 0 Å². The van der Waals surface area contributed by atoms with Gasteiger partial charge in [0.15, 0.2) is 17.3 Å². The van der Waals surface area contributed by atoms with Gasteiger partial charge in [-0.25, -0.2) is 9.97 Å². The van der Waals surface area contributed by atoms with Crippen molar-refractivity contribution in [2.45, 2.75) is 13.5 Å². The smallest absolute Gasteiger partial charge is 0.269 e. The number of rotatable bonds is 7. The van der Waals surface area contributed by atoms with Crippen molar-refractivity contribution in [2.75, 3.05) is 19.5 Å². The standard InChI is InChI=1S/C24H22N4O4/c1-15-7-9-17(10-8-15)23-26-20-13-22(32-3)21(31-2)12-19(20)24(27-23)25-14-16-5-4-6-18(11-16)28(29)30/h4-13H,14H2,1-3H3,(H,25,26,27). The summed E-state index contributed by atoms with van der Waals surface area (Å²) in [4.78, 5) is 20.2. The summed E-state index contributed by atoms with van der Waals surface area (Å²) in [6.45, 7) is 2.38. The van der Waals surface area contributed by atoms with Gasteiger partial charge in [-0.15, -0.1) is 0 Å². The first kappa shape index (κ1) is 21.0. The molecule has 0 amide bonds. The van der Waals surface area contributed by atoms with E-state index < -0.39 is 4.92 Å². The van der Waals surface area contributed by atoms with Crippen molar-refractivity contribution in [3.63, 3.8) is 0 Å². The minimum absolute atomic E-state index is 0.0450. The van der Waals surface area contributed by atoms with Gasteiger partial charge in [-0.1, -0.05) is 42.0 Å². The number of aromatic nitrogens is 2. The van der Waals surface area contributed by atoms with Gasteiger partial charge in [0, 0.05) is 35.7 Å². The molecule has 1 heterocycles. The van der Waals surface area contributed by atoms with Crippen molar-refractivity contribution in [3.05, 3.63) is 81.9 Å². The lowest BCUT2D eigenvalue weighted by atomic mass is 10.1. The van der Waals surface area contributed by atoms with Gasteiger partial charge in [-0.2, -0.15) is 0 Å². The van der Waals surface area contributed by atoms with Crippen LogP contribution in [0.25, 0.3) is 22.3 Å². The molecule has 4 rings (SSSR count). The highest BCUT2D eigenvalue weighted by Gasteiger charge is 2.15. The molecule has 0 aliphatic heterocycles. The van der Waals surface area contributed by atoms with E-state index in [4.69, 9.17) is 19.4 Å². The van der Waals surface area contributed by atoms with Crippen molar-refractivity contribution < 1.29 is 14.4 Å². The van der Waals surface area contributed by atoms with Gasteiger partial charge < -0.3 is 14.8 Å². The van der Waals surface area contributed by atoms with E-state index in [9.17, 15) is 10.1 Å². The second-order valence-corrected chi connectivity index (χ2v) is 7.27. The Labute approximate surface area is 185 Å². The third-order valence-electron chi connectivity index (χ3n) is 5.09. The number of aryl methyl sites for hydroxylation is 1. The Morgan fingerprint density at radius 1 is 0.969 bits per heavy atom. The van der Waals surface area contributed by atoms with E-state index in [0.717, 1.165) is 22.1 Å². The van der Waals surface area contributed by atoms with Crippen LogP contribution in [0.4, 0.5) is 11.5 Å². The van der Waals surface area contributed by atoms with E-state index in [0.29, 0.717) is 35.2 Å². The van der Waals surface area contributed by atoms with Crippen molar-refractivity contribution >= 4 is 22.4 Å². The normalized spacial score (nSPS) is 10.7. The number of methoxy groups -OCH3 is 2. The van der Waals surface area contributed by atoms with Gasteiger partial charge in [0.1, 0.15) is 5.82 Å². The van der Waals surface area contributed by atoms with Gasteiger partial charge in [0.2, 0.25) is 0 Å². The molecule has 3 aromatic carbocycles. The summed E-state index contributed by atoms with van der Waals surface area (Å²) in [6, 6.07) is 18.1. The van der Waals surface area contributed by atoms with Crippen LogP contribution >= 0.6 is 0 Å². The first-order valence-electron chi connectivity index (χ1n) is 9.96. The number of non-ortho nitro benzene ring substituents is 1. The molecule has 162 valence electrons. The van der Waals surface area contributed by atoms with Gasteiger partial charge >= 0.3 is 0 Å². The van der Waals surface area contributed by atoms with E-state index in [2.05, 4.69) is 5.32 Å². The Morgan fingerprint density at radius 3 is 2.38 bits per heavy atom. The summed E-state index contributed by atoms with van der Waals surface area (Å²) < 4.78 is 10.9. The Bertz CT molecular complexity index is 1290. The summed E-state index contributed by atoms with van der Waals surface area (Å²) in [5.41, 5.74) is 3.53. The lowest BCUT2D eigenvalue weighted by molar-refractivity contribution is -0.384. The van der Waals surface area contributed by atoms with Crippen LogP contribution in [0.2, 0.25) is 0 Å². The molecule has 0 atom stereocenters. The second-order valence-electron chi connectivity index (χ2n) is 7.27. The number of nitrogens with zero attached hydrogens (tertiary/aromatic N) is 3.